The third kappa shape index (κ3) is 6.36. The van der Waals surface area contributed by atoms with E-state index in [2.05, 4.69) is 10.6 Å². The molecule has 4 aromatic rings. The molecule has 0 aliphatic carbocycles. The summed E-state index contributed by atoms with van der Waals surface area (Å²) >= 11 is 0. The van der Waals surface area contributed by atoms with Crippen LogP contribution in [0.1, 0.15) is 21.0 Å². The molecule has 2 heterocycles. The van der Waals surface area contributed by atoms with Crippen molar-refractivity contribution < 1.29 is 35.5 Å². The van der Waals surface area contributed by atoms with Crippen molar-refractivity contribution in [2.24, 2.45) is 14.1 Å². The molecule has 1 radical (unpaired) electrons. The molecule has 0 bridgehead atoms. The second kappa shape index (κ2) is 10.9. The van der Waals surface area contributed by atoms with Crippen molar-refractivity contribution in [3.05, 3.63) is 66.2 Å². The third-order valence-electron chi connectivity index (χ3n) is 5.48. The smallest absolute Gasteiger partial charge is 0.295 e. The van der Waals surface area contributed by atoms with Gasteiger partial charge in [0.05, 0.1) is 16.3 Å². The number of nitrogens with zero attached hydrogens (tertiary/aromatic N) is 2. The van der Waals surface area contributed by atoms with Crippen molar-refractivity contribution in [1.82, 2.24) is 9.13 Å². The largest absolute Gasteiger partial charge is 0.397 e. The van der Waals surface area contributed by atoms with E-state index in [0.717, 1.165) is 6.07 Å². The Kier molecular flexibility index (Phi) is 8.61. The zero-order chi connectivity index (χ0) is 27.3. The van der Waals surface area contributed by atoms with Gasteiger partial charge < -0.3 is 25.5 Å². The Morgan fingerprint density at radius 3 is 1.92 bits per heavy atom. The van der Waals surface area contributed by atoms with Crippen molar-refractivity contribution in [1.29, 1.82) is 0 Å². The average molecular weight is 587 g/mol. The van der Waals surface area contributed by atoms with Crippen molar-refractivity contribution in [3.8, 4) is 0 Å². The first kappa shape index (κ1) is 30.0. The minimum Gasteiger partial charge on any atom is -0.397 e. The molecule has 6 N–H and O–H groups in total. The van der Waals surface area contributed by atoms with Crippen LogP contribution in [0.2, 0.25) is 0 Å². The molecule has 0 saturated carbocycles. The number of benzene rings is 2. The molecule has 38 heavy (non-hydrogen) atoms. The van der Waals surface area contributed by atoms with Gasteiger partial charge in [0.25, 0.3) is 32.1 Å². The Morgan fingerprint density at radius 1 is 0.789 bits per heavy atom. The summed E-state index contributed by atoms with van der Waals surface area (Å²) in [5.74, 6) is -1.04. The van der Waals surface area contributed by atoms with Crippen LogP contribution in [0.4, 0.5) is 17.1 Å². The number of aryl methyl sites for hydroxylation is 2. The maximum Gasteiger partial charge on any atom is 0.295 e. The number of carbonyl (C=O) groups excluding carboxylic acids is 2. The van der Waals surface area contributed by atoms with Gasteiger partial charge in [-0.3, -0.25) is 18.7 Å². The summed E-state index contributed by atoms with van der Waals surface area (Å²) in [5, 5.41) is 5.25. The number of nitrogens with two attached hydrogens (primary N) is 1. The molecule has 13 nitrogen and oxygen atoms in total. The zero-order valence-corrected chi connectivity index (χ0v) is 25.1. The van der Waals surface area contributed by atoms with Crippen molar-refractivity contribution in [2.45, 2.75) is 9.79 Å². The SMILES string of the molecule is Cn1cc(N)cc1C(=O)Nc1cc(C(=O)Nc2ccc3cc(S(=O)(=O)O)cc(S(=O)(=O)O)c3c2)n(C)c1.[K]. The topological polar surface area (TPSA) is 203 Å². The first-order valence-corrected chi connectivity index (χ1v) is 13.2. The Bertz CT molecular complexity index is 1810. The predicted octanol–water partition coefficient (Wildman–Crippen LogP) is 1.72. The number of hydrogen-bond donors (Lipinski definition) is 5. The van der Waals surface area contributed by atoms with E-state index >= 15 is 0 Å². The fraction of sp³-hybridized carbons (Fsp3) is 0.0909. The minimum atomic E-state index is -4.89. The molecule has 2 amide bonds. The standard InChI is InChI=1S/C22H21N5O8S2.K/c1-26-10-13(23)6-18(26)21(28)25-15-8-19(27(2)11-15)22(29)24-14-4-3-12-5-16(36(30,31)32)9-20(17(12)7-14)37(33,34)35;/h3-11H,23H2,1-2H3,(H,24,29)(H,25,28)(H,30,31,32)(H,33,34,35);. The molecular weight excluding hydrogens is 566 g/mol. The van der Waals surface area contributed by atoms with Gasteiger partial charge in [0.15, 0.2) is 0 Å². The van der Waals surface area contributed by atoms with Gasteiger partial charge in [0.2, 0.25) is 0 Å². The van der Waals surface area contributed by atoms with Crippen LogP contribution in [-0.2, 0) is 34.3 Å². The molecule has 0 aliphatic heterocycles. The van der Waals surface area contributed by atoms with Gasteiger partial charge in [-0.2, -0.15) is 16.8 Å². The number of carbonyl (C=O) groups is 2. The van der Waals surface area contributed by atoms with E-state index in [1.807, 2.05) is 0 Å². The van der Waals surface area contributed by atoms with Crippen LogP contribution < -0.4 is 16.4 Å². The minimum absolute atomic E-state index is 0. The molecule has 0 saturated heterocycles. The summed E-state index contributed by atoms with van der Waals surface area (Å²) < 4.78 is 68.7. The fourth-order valence-corrected chi connectivity index (χ4v) is 5.15. The van der Waals surface area contributed by atoms with E-state index in [4.69, 9.17) is 5.73 Å². The zero-order valence-electron chi connectivity index (χ0n) is 20.3. The molecule has 2 aromatic heterocycles. The molecule has 0 spiro atoms. The molecule has 0 atom stereocenters. The van der Waals surface area contributed by atoms with E-state index < -0.39 is 41.8 Å². The number of amides is 2. The van der Waals surface area contributed by atoms with Crippen LogP contribution in [-0.4, -0.2) is 98.3 Å². The van der Waals surface area contributed by atoms with Crippen LogP contribution in [0.5, 0.6) is 0 Å². The Morgan fingerprint density at radius 2 is 1.37 bits per heavy atom. The van der Waals surface area contributed by atoms with E-state index in [1.54, 1.807) is 24.9 Å². The van der Waals surface area contributed by atoms with E-state index in [0.29, 0.717) is 23.1 Å². The summed E-state index contributed by atoms with van der Waals surface area (Å²) in [6, 6.07) is 8.51. The molecular formula is C22H21KN5O8S2. The van der Waals surface area contributed by atoms with Gasteiger partial charge in [0, 0.05) is 88.9 Å². The van der Waals surface area contributed by atoms with Gasteiger partial charge in [-0.1, -0.05) is 6.07 Å². The van der Waals surface area contributed by atoms with Crippen LogP contribution in [0.25, 0.3) is 10.8 Å². The maximum absolute atomic E-state index is 12.9. The van der Waals surface area contributed by atoms with E-state index in [-0.39, 0.29) is 73.5 Å². The third-order valence-corrected chi connectivity index (χ3v) is 7.20. The van der Waals surface area contributed by atoms with Crippen molar-refractivity contribution >= 4 is 111 Å². The quantitative estimate of drug-likeness (QED) is 0.165. The second-order valence-corrected chi connectivity index (χ2v) is 11.0. The molecule has 195 valence electrons. The summed E-state index contributed by atoms with van der Waals surface area (Å²) in [5.41, 5.74) is 7.06. The number of fused-ring (bicyclic) bond motifs is 1. The summed E-state index contributed by atoms with van der Waals surface area (Å²) in [6.07, 6.45) is 3.10. The average Bonchev–Trinajstić information content (AvgIpc) is 3.32. The molecule has 4 rings (SSSR count). The summed E-state index contributed by atoms with van der Waals surface area (Å²) in [4.78, 5) is 24.0. The number of hydrogen-bond acceptors (Lipinski definition) is 7. The van der Waals surface area contributed by atoms with Crippen LogP contribution >= 0.6 is 0 Å². The molecule has 16 heteroatoms. The van der Waals surface area contributed by atoms with Crippen LogP contribution in [0.3, 0.4) is 0 Å². The normalized spacial score (nSPS) is 11.7. The molecule has 2 aromatic carbocycles. The summed E-state index contributed by atoms with van der Waals surface area (Å²) in [6.45, 7) is 0. The van der Waals surface area contributed by atoms with Crippen molar-refractivity contribution in [3.63, 3.8) is 0 Å². The van der Waals surface area contributed by atoms with E-state index in [1.165, 1.54) is 41.1 Å². The Balaban J connectivity index is 0.00000400. The first-order valence-electron chi connectivity index (χ1n) is 10.4. The number of rotatable bonds is 6. The van der Waals surface area contributed by atoms with Gasteiger partial charge in [-0.15, -0.1) is 0 Å². The Labute approximate surface area is 259 Å². The van der Waals surface area contributed by atoms with Gasteiger partial charge in [0.1, 0.15) is 16.3 Å². The molecule has 0 unspecified atom stereocenters. The predicted molar refractivity (Wildman–Crippen MR) is 140 cm³/mol. The van der Waals surface area contributed by atoms with Gasteiger partial charge in [-0.25, -0.2) is 0 Å². The summed E-state index contributed by atoms with van der Waals surface area (Å²) in [7, 11) is -6.40. The van der Waals surface area contributed by atoms with Crippen molar-refractivity contribution in [2.75, 3.05) is 16.4 Å². The molecule has 0 aliphatic rings. The van der Waals surface area contributed by atoms with E-state index in [9.17, 15) is 35.5 Å². The molecule has 0 fully saturated rings. The van der Waals surface area contributed by atoms with Gasteiger partial charge >= 0.3 is 0 Å². The second-order valence-electron chi connectivity index (χ2n) is 8.21. The number of aromatic nitrogens is 2. The number of nitrogen functional groups attached to an aromatic ring is 1. The Hall–Kier alpha value is -2.54. The monoisotopic (exact) mass is 586 g/mol. The van der Waals surface area contributed by atoms with Crippen LogP contribution in [0.15, 0.2) is 64.6 Å². The first-order chi connectivity index (χ1) is 17.1. The number of anilines is 3. The van der Waals surface area contributed by atoms with Crippen LogP contribution in [0, 0.1) is 0 Å². The number of nitrogens with one attached hydrogen (secondary N) is 2. The van der Waals surface area contributed by atoms with Gasteiger partial charge in [-0.05, 0) is 41.8 Å². The fourth-order valence-electron chi connectivity index (χ4n) is 3.80. The maximum atomic E-state index is 12.9.